The maximum atomic E-state index is 7.40. The molecule has 0 unspecified atom stereocenters. The quantitative estimate of drug-likeness (QED) is 0.542. The van der Waals surface area contributed by atoms with Crippen molar-refractivity contribution in [2.24, 2.45) is 0 Å². The van der Waals surface area contributed by atoms with Gasteiger partial charge >= 0.3 is 0 Å². The molecule has 4 atom stereocenters. The van der Waals surface area contributed by atoms with Crippen molar-refractivity contribution in [3.05, 3.63) is 12.7 Å². The van der Waals surface area contributed by atoms with Crippen LogP contribution in [-0.4, -0.2) is 75.4 Å². The molecule has 4 N–H and O–H groups in total. The highest BCUT2D eigenvalue weighted by molar-refractivity contribution is 5.81. The Bertz CT molecular complexity index is 760. The van der Waals surface area contributed by atoms with E-state index in [9.17, 15) is 0 Å². The predicted octanol–water partition coefficient (Wildman–Crippen LogP) is -1.66. The number of aromatic nitrogens is 4. The van der Waals surface area contributed by atoms with E-state index >= 15 is 0 Å². The maximum absolute atomic E-state index is 7.40. The van der Waals surface area contributed by atoms with Crippen molar-refractivity contribution in [1.82, 2.24) is 24.4 Å². The van der Waals surface area contributed by atoms with E-state index < -0.39 is 24.5 Å². The summed E-state index contributed by atoms with van der Waals surface area (Å²) < 4.78 is 37.1. The van der Waals surface area contributed by atoms with Crippen molar-refractivity contribution in [3.8, 4) is 0 Å². The summed E-state index contributed by atoms with van der Waals surface area (Å²) in [6.07, 6.45) is -0.113. The van der Waals surface area contributed by atoms with Crippen molar-refractivity contribution in [2.75, 3.05) is 25.4 Å². The lowest BCUT2D eigenvalue weighted by molar-refractivity contribution is -0.0375. The zero-order chi connectivity index (χ0) is 17.6. The van der Waals surface area contributed by atoms with E-state index in [4.69, 9.17) is 20.6 Å². The molecule has 2 aliphatic rings. The number of aliphatic hydroxyl groups is 2. The summed E-state index contributed by atoms with van der Waals surface area (Å²) in [5.74, 6) is 0.0269. The topological polar surface area (TPSA) is 122 Å². The van der Waals surface area contributed by atoms with Crippen molar-refractivity contribution in [3.63, 3.8) is 0 Å². The zero-order valence-corrected chi connectivity index (χ0v) is 11.0. The second-order valence-electron chi connectivity index (χ2n) is 5.32. The van der Waals surface area contributed by atoms with Gasteiger partial charge in [0.25, 0.3) is 0 Å². The Morgan fingerprint density at radius 2 is 2.29 bits per heavy atom. The molecule has 21 heavy (non-hydrogen) atoms. The van der Waals surface area contributed by atoms with Gasteiger partial charge in [-0.25, -0.2) is 15.0 Å². The maximum Gasteiger partial charge on any atom is 0.211 e. The molecule has 2 aromatic heterocycles. The number of nitrogen functional groups attached to an aromatic ring is 1. The number of fused-ring (bicyclic) bond motifs is 1. The highest BCUT2D eigenvalue weighted by Gasteiger charge is 2.45. The van der Waals surface area contributed by atoms with E-state index in [0.717, 1.165) is 13.1 Å². The zero-order valence-electron chi connectivity index (χ0n) is 15.0. The fourth-order valence-corrected chi connectivity index (χ4v) is 2.61. The van der Waals surface area contributed by atoms with Crippen LogP contribution in [-0.2, 0) is 4.74 Å². The molecule has 2 aliphatic heterocycles. The summed E-state index contributed by atoms with van der Waals surface area (Å²) in [4.78, 5) is 14.3. The van der Waals surface area contributed by atoms with E-state index in [1.807, 2.05) is 0 Å². The average Bonchev–Trinajstić information content (AvgIpc) is 3.20. The van der Waals surface area contributed by atoms with Crippen LogP contribution in [0, 0.1) is 0 Å². The van der Waals surface area contributed by atoms with Gasteiger partial charge in [0.15, 0.2) is 20.5 Å². The van der Waals surface area contributed by atoms with Crippen LogP contribution in [0.2, 0.25) is 2.82 Å². The molecule has 4 rings (SSSR count). The van der Waals surface area contributed by atoms with Crippen molar-refractivity contribution in [1.29, 1.82) is 2.86 Å². The summed E-state index contributed by atoms with van der Waals surface area (Å²) in [5, 5.41) is 9.57. The van der Waals surface area contributed by atoms with Gasteiger partial charge in [0.2, 0.25) is 2.86 Å². The third-order valence-electron chi connectivity index (χ3n) is 3.88. The minimum absolute atomic E-state index is 0.0269. The molecule has 2 saturated heterocycles. The molecule has 0 radical (unpaired) electrons. The molecule has 0 saturated carbocycles. The van der Waals surface area contributed by atoms with Gasteiger partial charge in [-0.05, 0) is 0 Å². The van der Waals surface area contributed by atoms with Gasteiger partial charge in [0.05, 0.1) is 6.33 Å². The highest BCUT2D eigenvalue weighted by Crippen LogP contribution is 2.32. The minimum Gasteiger partial charge on any atom is -0.387 e. The Hall–Kier alpha value is -1.81. The molecule has 0 spiro atoms. The third-order valence-corrected chi connectivity index (χ3v) is 3.88. The molecule has 0 aliphatic carbocycles. The number of nitrogens with two attached hydrogens (primary N) is 1. The number of hydrogen-bond acceptors (Lipinski definition) is 8. The molecular weight excluding hydrogens is 276 g/mol. The van der Waals surface area contributed by atoms with Crippen molar-refractivity contribution in [2.45, 2.75) is 24.5 Å². The van der Waals surface area contributed by atoms with E-state index in [-0.39, 0.29) is 11.3 Å². The standard InChI is InChI=1S/C12H16N6O3/c13-10-7-11(15-4-14-10)18(5-16-7)12-9(20)8(19)6(21-12)3-17-1-2-17/h4-6,8-9,12,19-20H,1-3H2,(H2,13,14,15)/t6-,8-,9-,12-/m1/s1/i19D,20D/hD2. The predicted molar refractivity (Wildman–Crippen MR) is 72.1 cm³/mol. The van der Waals surface area contributed by atoms with Crippen LogP contribution in [0.25, 0.3) is 11.2 Å². The largest absolute Gasteiger partial charge is 0.387 e. The molecule has 9 heteroatoms. The second-order valence-corrected chi connectivity index (χ2v) is 5.32. The minimum atomic E-state index is -0.846. The number of anilines is 1. The second kappa shape index (κ2) is 4.60. The summed E-state index contributed by atoms with van der Waals surface area (Å²) >= 11 is 0. The Morgan fingerprint density at radius 1 is 1.38 bits per heavy atom. The van der Waals surface area contributed by atoms with Crippen molar-refractivity contribution < 1.29 is 17.8 Å². The van der Waals surface area contributed by atoms with Crippen LogP contribution < -0.4 is 5.72 Å². The fourth-order valence-electron chi connectivity index (χ4n) is 2.61. The Morgan fingerprint density at radius 3 is 3.05 bits per heavy atom. The van der Waals surface area contributed by atoms with Crippen LogP contribution in [0.5, 0.6) is 0 Å². The summed E-state index contributed by atoms with van der Waals surface area (Å²) in [7, 11) is 0. The Balaban J connectivity index is 1.70. The molecule has 2 fully saturated rings. The first-order valence-electron chi connectivity index (χ1n) is 8.42. The van der Waals surface area contributed by atoms with E-state index in [2.05, 4.69) is 19.9 Å². The first-order valence-corrected chi connectivity index (χ1v) is 6.71. The van der Waals surface area contributed by atoms with Gasteiger partial charge in [-0.3, -0.25) is 9.47 Å². The van der Waals surface area contributed by atoms with E-state index in [1.54, 1.807) is 4.57 Å². The van der Waals surface area contributed by atoms with E-state index in [0.29, 0.717) is 17.9 Å². The van der Waals surface area contributed by atoms with Crippen LogP contribution >= 0.6 is 0 Å². The van der Waals surface area contributed by atoms with Gasteiger partial charge in [-0.2, -0.15) is 0 Å². The molecule has 112 valence electrons. The highest BCUT2D eigenvalue weighted by atomic mass is 16.6. The number of imidazole rings is 1. The first kappa shape index (κ1) is 9.26. The van der Waals surface area contributed by atoms with Gasteiger partial charge in [-0.1, -0.05) is 0 Å². The number of nitrogens with zero attached hydrogens (tertiary/aromatic N) is 5. The molecule has 0 bridgehead atoms. The third kappa shape index (κ3) is 2.05. The first-order chi connectivity index (χ1) is 12.1. The van der Waals surface area contributed by atoms with Gasteiger partial charge in [0.1, 0.15) is 30.2 Å². The van der Waals surface area contributed by atoms with Crippen LogP contribution in [0.3, 0.4) is 0 Å². The average molecular weight is 296 g/mol. The van der Waals surface area contributed by atoms with E-state index in [1.165, 1.54) is 12.7 Å². The Kier molecular flexibility index (Phi) is 2.03. The SMILES string of the molecule is [2H]O[C@@H]1[C@H](O[2H])[C@@H](CN2CC2)O[C@H]1n1cnc2c(N([2H])[2H])ncnc21. The monoisotopic (exact) mass is 296 g/mol. The number of rotatable bonds is 6. The normalized spacial score (nSPS) is 35.2. The fraction of sp³-hybridized carbons (Fsp3) is 0.583. The molecular formula is C12H16N6O3. The molecule has 0 amide bonds. The lowest BCUT2D eigenvalue weighted by atomic mass is 10.1. The molecule has 9 nitrogen and oxygen atoms in total. The molecule has 4 heterocycles. The lowest BCUT2D eigenvalue weighted by Gasteiger charge is -2.16. The van der Waals surface area contributed by atoms with Crippen LogP contribution in [0.4, 0.5) is 5.82 Å². The Labute approximate surface area is 125 Å². The van der Waals surface area contributed by atoms with Gasteiger partial charge < -0.3 is 20.7 Å². The molecule has 2 aromatic rings. The van der Waals surface area contributed by atoms with Crippen LogP contribution in [0.15, 0.2) is 12.7 Å². The summed E-state index contributed by atoms with van der Waals surface area (Å²) in [6, 6.07) is 0. The van der Waals surface area contributed by atoms with Crippen LogP contribution in [0.1, 0.15) is 6.23 Å². The smallest absolute Gasteiger partial charge is 0.211 e. The van der Waals surface area contributed by atoms with Crippen molar-refractivity contribution >= 4 is 17.0 Å². The van der Waals surface area contributed by atoms with Gasteiger partial charge in [-0.15, -0.1) is 0 Å². The lowest BCUT2D eigenvalue weighted by Crippen LogP contribution is -2.35. The summed E-state index contributed by atoms with van der Waals surface area (Å²) in [6.45, 7) is 2.52. The number of ether oxygens (including phenoxy) is 1. The van der Waals surface area contributed by atoms with Gasteiger partial charge in [0, 0.05) is 19.6 Å². The summed E-state index contributed by atoms with van der Waals surface area (Å²) in [5.41, 5.74) is 0.962. The number of hydrogen-bond donors (Lipinski definition) is 3. The number of aliphatic hydroxyl groups excluding tert-OH is 2. The molecule has 0 aromatic carbocycles.